The smallest absolute Gasteiger partial charge is 0.244 e. The van der Waals surface area contributed by atoms with Crippen molar-refractivity contribution < 1.29 is 4.79 Å². The van der Waals surface area contributed by atoms with E-state index in [0.29, 0.717) is 11.6 Å². The van der Waals surface area contributed by atoms with Gasteiger partial charge in [-0.05, 0) is 41.8 Å². The van der Waals surface area contributed by atoms with E-state index in [4.69, 9.17) is 11.6 Å². The first kappa shape index (κ1) is 13.4. The molecule has 1 aromatic heterocycles. The molecule has 0 aliphatic heterocycles. The normalized spacial score (nSPS) is 10.8. The molecule has 0 saturated carbocycles. The molecule has 0 unspecified atom stereocenters. The summed E-state index contributed by atoms with van der Waals surface area (Å²) in [5.74, 6) is -0.127. The Morgan fingerprint density at radius 1 is 1.42 bits per heavy atom. The van der Waals surface area contributed by atoms with Crippen LogP contribution >= 0.6 is 11.6 Å². The Labute approximate surface area is 117 Å². The molecule has 3 nitrogen and oxygen atoms in total. The standard InChI is InChI=1S/C15H15ClN2O/c1-11-2-3-12(8-14(11)16)4-5-15(19)18-10-13-6-7-17-9-13/h2-9,17H,10H2,1H3,(H,18,19)/b5-4+. The maximum absolute atomic E-state index is 11.6. The predicted octanol–water partition coefficient (Wildman–Crippen LogP) is 3.31. The van der Waals surface area contributed by atoms with E-state index < -0.39 is 0 Å². The number of H-pyrrole nitrogens is 1. The zero-order valence-corrected chi connectivity index (χ0v) is 11.4. The number of nitrogens with one attached hydrogen (secondary N) is 2. The van der Waals surface area contributed by atoms with Crippen LogP contribution in [0.3, 0.4) is 0 Å². The summed E-state index contributed by atoms with van der Waals surface area (Å²) in [6, 6.07) is 7.62. The van der Waals surface area contributed by atoms with Crippen LogP contribution in [0.2, 0.25) is 5.02 Å². The fraction of sp³-hybridized carbons (Fsp3) is 0.133. The SMILES string of the molecule is Cc1ccc(/C=C/C(=O)NCc2cc[nH]c2)cc1Cl. The average molecular weight is 275 g/mol. The first-order chi connectivity index (χ1) is 9.15. The van der Waals surface area contributed by atoms with Crippen molar-refractivity contribution in [1.29, 1.82) is 0 Å². The summed E-state index contributed by atoms with van der Waals surface area (Å²) in [4.78, 5) is 14.6. The van der Waals surface area contributed by atoms with Crippen LogP contribution < -0.4 is 5.32 Å². The number of aryl methyl sites for hydroxylation is 1. The van der Waals surface area contributed by atoms with E-state index in [9.17, 15) is 4.79 Å². The van der Waals surface area contributed by atoms with Crippen LogP contribution in [-0.2, 0) is 11.3 Å². The Bertz CT molecular complexity index is 588. The van der Waals surface area contributed by atoms with Crippen LogP contribution in [0.15, 0.2) is 42.7 Å². The van der Waals surface area contributed by atoms with Crippen LogP contribution in [0.25, 0.3) is 6.08 Å². The van der Waals surface area contributed by atoms with Crippen LogP contribution in [-0.4, -0.2) is 10.9 Å². The van der Waals surface area contributed by atoms with Crippen molar-refractivity contribution in [1.82, 2.24) is 10.3 Å². The first-order valence-electron chi connectivity index (χ1n) is 5.99. The predicted molar refractivity (Wildman–Crippen MR) is 77.9 cm³/mol. The van der Waals surface area contributed by atoms with Gasteiger partial charge in [-0.15, -0.1) is 0 Å². The molecule has 2 rings (SSSR count). The van der Waals surface area contributed by atoms with Gasteiger partial charge in [0.1, 0.15) is 0 Å². The Morgan fingerprint density at radius 2 is 2.26 bits per heavy atom. The van der Waals surface area contributed by atoms with Crippen LogP contribution in [0, 0.1) is 6.92 Å². The van der Waals surface area contributed by atoms with Gasteiger partial charge in [0, 0.05) is 30.0 Å². The molecule has 0 saturated heterocycles. The summed E-state index contributed by atoms with van der Waals surface area (Å²) >= 11 is 6.02. The molecule has 0 fully saturated rings. The maximum Gasteiger partial charge on any atom is 0.244 e. The van der Waals surface area contributed by atoms with Gasteiger partial charge in [0.2, 0.25) is 5.91 Å². The minimum absolute atomic E-state index is 0.127. The Balaban J connectivity index is 1.90. The van der Waals surface area contributed by atoms with Crippen molar-refractivity contribution in [3.63, 3.8) is 0 Å². The molecule has 1 heterocycles. The van der Waals surface area contributed by atoms with Gasteiger partial charge in [-0.3, -0.25) is 4.79 Å². The second kappa shape index (κ2) is 6.25. The lowest BCUT2D eigenvalue weighted by Crippen LogP contribution is -2.19. The zero-order valence-electron chi connectivity index (χ0n) is 10.6. The Hall–Kier alpha value is -2.00. The van der Waals surface area contributed by atoms with Gasteiger partial charge >= 0.3 is 0 Å². The molecule has 0 aliphatic carbocycles. The summed E-state index contributed by atoms with van der Waals surface area (Å²) in [6.07, 6.45) is 6.93. The number of aromatic nitrogens is 1. The molecule has 2 N–H and O–H groups in total. The summed E-state index contributed by atoms with van der Waals surface area (Å²) in [5.41, 5.74) is 2.98. The van der Waals surface area contributed by atoms with E-state index >= 15 is 0 Å². The molecule has 0 bridgehead atoms. The van der Waals surface area contributed by atoms with Crippen LogP contribution in [0.1, 0.15) is 16.7 Å². The number of hydrogen-bond acceptors (Lipinski definition) is 1. The van der Waals surface area contributed by atoms with Gasteiger partial charge in [-0.1, -0.05) is 23.7 Å². The zero-order chi connectivity index (χ0) is 13.7. The van der Waals surface area contributed by atoms with Gasteiger partial charge in [-0.2, -0.15) is 0 Å². The highest BCUT2D eigenvalue weighted by molar-refractivity contribution is 6.31. The number of amides is 1. The Kier molecular flexibility index (Phi) is 4.42. The summed E-state index contributed by atoms with van der Waals surface area (Å²) in [5, 5.41) is 3.51. The Morgan fingerprint density at radius 3 is 2.95 bits per heavy atom. The molecule has 19 heavy (non-hydrogen) atoms. The van der Waals surface area contributed by atoms with E-state index in [2.05, 4.69) is 10.3 Å². The minimum Gasteiger partial charge on any atom is -0.367 e. The average Bonchev–Trinajstić information content (AvgIpc) is 2.91. The number of halogens is 1. The van der Waals surface area contributed by atoms with E-state index in [1.165, 1.54) is 6.08 Å². The van der Waals surface area contributed by atoms with E-state index in [0.717, 1.165) is 16.7 Å². The monoisotopic (exact) mass is 274 g/mol. The van der Waals surface area contributed by atoms with Gasteiger partial charge in [0.05, 0.1) is 0 Å². The second-order valence-corrected chi connectivity index (χ2v) is 4.69. The largest absolute Gasteiger partial charge is 0.367 e. The fourth-order valence-electron chi connectivity index (χ4n) is 1.60. The van der Waals surface area contributed by atoms with E-state index in [1.54, 1.807) is 6.08 Å². The molecule has 0 radical (unpaired) electrons. The maximum atomic E-state index is 11.6. The second-order valence-electron chi connectivity index (χ2n) is 4.28. The molecule has 1 amide bonds. The molecule has 0 atom stereocenters. The lowest BCUT2D eigenvalue weighted by Gasteiger charge is -2.00. The van der Waals surface area contributed by atoms with Gasteiger partial charge in [-0.25, -0.2) is 0 Å². The highest BCUT2D eigenvalue weighted by Gasteiger charge is 1.98. The molecule has 2 aromatic rings. The van der Waals surface area contributed by atoms with Crippen molar-refractivity contribution in [2.24, 2.45) is 0 Å². The molecule has 0 aliphatic rings. The summed E-state index contributed by atoms with van der Waals surface area (Å²) in [7, 11) is 0. The summed E-state index contributed by atoms with van der Waals surface area (Å²) < 4.78 is 0. The minimum atomic E-state index is -0.127. The van der Waals surface area contributed by atoms with Crippen LogP contribution in [0.4, 0.5) is 0 Å². The van der Waals surface area contributed by atoms with Crippen molar-refractivity contribution in [2.45, 2.75) is 13.5 Å². The van der Waals surface area contributed by atoms with Crippen LogP contribution in [0.5, 0.6) is 0 Å². The fourth-order valence-corrected chi connectivity index (χ4v) is 1.79. The number of carbonyl (C=O) groups is 1. The number of hydrogen-bond donors (Lipinski definition) is 2. The molecular weight excluding hydrogens is 260 g/mol. The molecule has 1 aromatic carbocycles. The third kappa shape index (κ3) is 4.00. The topological polar surface area (TPSA) is 44.9 Å². The van der Waals surface area contributed by atoms with Gasteiger partial charge in [0.15, 0.2) is 0 Å². The van der Waals surface area contributed by atoms with E-state index in [-0.39, 0.29) is 5.91 Å². The highest BCUT2D eigenvalue weighted by atomic mass is 35.5. The third-order valence-electron chi connectivity index (χ3n) is 2.75. The summed E-state index contributed by atoms with van der Waals surface area (Å²) in [6.45, 7) is 2.46. The van der Waals surface area contributed by atoms with Crippen molar-refractivity contribution >= 4 is 23.6 Å². The van der Waals surface area contributed by atoms with Gasteiger partial charge in [0.25, 0.3) is 0 Å². The number of carbonyl (C=O) groups excluding carboxylic acids is 1. The lowest BCUT2D eigenvalue weighted by atomic mass is 10.1. The van der Waals surface area contributed by atoms with Gasteiger partial charge < -0.3 is 10.3 Å². The van der Waals surface area contributed by atoms with Crippen molar-refractivity contribution in [2.75, 3.05) is 0 Å². The van der Waals surface area contributed by atoms with Crippen molar-refractivity contribution in [3.05, 3.63) is 64.4 Å². The molecule has 98 valence electrons. The number of rotatable bonds is 4. The lowest BCUT2D eigenvalue weighted by molar-refractivity contribution is -0.116. The molecule has 4 heteroatoms. The van der Waals surface area contributed by atoms with E-state index in [1.807, 2.05) is 43.6 Å². The quantitative estimate of drug-likeness (QED) is 0.826. The third-order valence-corrected chi connectivity index (χ3v) is 3.16. The molecule has 0 spiro atoms. The van der Waals surface area contributed by atoms with Crippen molar-refractivity contribution in [3.8, 4) is 0 Å². The highest BCUT2D eigenvalue weighted by Crippen LogP contribution is 2.17. The molecular formula is C15H15ClN2O. The number of benzene rings is 1. The number of aromatic amines is 1. The first-order valence-corrected chi connectivity index (χ1v) is 6.36.